The van der Waals surface area contributed by atoms with Gasteiger partial charge in [-0.05, 0) is 36.4 Å². The molecular formula is C20H17NO3. The summed E-state index contributed by atoms with van der Waals surface area (Å²) >= 11 is 0. The van der Waals surface area contributed by atoms with Crippen LogP contribution in [0.3, 0.4) is 0 Å². The van der Waals surface area contributed by atoms with Crippen LogP contribution in [-0.4, -0.2) is 13.0 Å². The van der Waals surface area contributed by atoms with E-state index in [0.717, 1.165) is 5.69 Å². The fourth-order valence-electron chi connectivity index (χ4n) is 2.25. The highest BCUT2D eigenvalue weighted by Gasteiger charge is 2.13. The van der Waals surface area contributed by atoms with Crippen molar-refractivity contribution in [2.45, 2.75) is 0 Å². The van der Waals surface area contributed by atoms with E-state index >= 15 is 0 Å². The van der Waals surface area contributed by atoms with E-state index in [1.807, 2.05) is 54.6 Å². The van der Waals surface area contributed by atoms with Gasteiger partial charge in [0.15, 0.2) is 0 Å². The van der Waals surface area contributed by atoms with Crippen LogP contribution in [0, 0.1) is 0 Å². The highest BCUT2D eigenvalue weighted by atomic mass is 16.5. The number of methoxy groups -OCH3 is 1. The van der Waals surface area contributed by atoms with E-state index in [0.29, 0.717) is 22.8 Å². The molecule has 3 rings (SSSR count). The summed E-state index contributed by atoms with van der Waals surface area (Å²) in [5, 5.41) is 2.86. The SMILES string of the molecule is COc1cccc(Oc2ccccc2C(=O)Nc2ccccc2)c1. The molecule has 3 aromatic rings. The van der Waals surface area contributed by atoms with Gasteiger partial charge in [-0.1, -0.05) is 36.4 Å². The minimum atomic E-state index is -0.223. The van der Waals surface area contributed by atoms with Gasteiger partial charge >= 0.3 is 0 Å². The lowest BCUT2D eigenvalue weighted by Gasteiger charge is -2.12. The molecule has 0 saturated heterocycles. The molecule has 1 N–H and O–H groups in total. The molecule has 120 valence electrons. The second-order valence-electron chi connectivity index (χ2n) is 5.10. The third-order valence-corrected chi connectivity index (χ3v) is 3.43. The first kappa shape index (κ1) is 15.6. The molecule has 0 fully saturated rings. The zero-order valence-corrected chi connectivity index (χ0v) is 13.2. The van der Waals surface area contributed by atoms with Crippen molar-refractivity contribution in [3.63, 3.8) is 0 Å². The monoisotopic (exact) mass is 319 g/mol. The standard InChI is InChI=1S/C20H17NO3/c1-23-16-10-7-11-17(14-16)24-19-13-6-5-12-18(19)20(22)21-15-8-3-2-4-9-15/h2-14H,1H3,(H,21,22). The molecule has 24 heavy (non-hydrogen) atoms. The molecule has 0 aromatic heterocycles. The number of hydrogen-bond donors (Lipinski definition) is 1. The lowest BCUT2D eigenvalue weighted by molar-refractivity contribution is 0.102. The Labute approximate surface area is 140 Å². The van der Waals surface area contributed by atoms with Crippen molar-refractivity contribution < 1.29 is 14.3 Å². The minimum Gasteiger partial charge on any atom is -0.497 e. The number of carbonyl (C=O) groups excluding carboxylic acids is 1. The first-order chi connectivity index (χ1) is 11.8. The lowest BCUT2D eigenvalue weighted by atomic mass is 10.1. The maximum Gasteiger partial charge on any atom is 0.259 e. The van der Waals surface area contributed by atoms with Gasteiger partial charge in [-0.15, -0.1) is 0 Å². The molecule has 0 radical (unpaired) electrons. The predicted molar refractivity (Wildman–Crippen MR) is 93.9 cm³/mol. The van der Waals surface area contributed by atoms with E-state index in [-0.39, 0.29) is 5.91 Å². The van der Waals surface area contributed by atoms with Gasteiger partial charge in [0.25, 0.3) is 5.91 Å². The summed E-state index contributed by atoms with van der Waals surface area (Å²) in [4.78, 5) is 12.5. The summed E-state index contributed by atoms with van der Waals surface area (Å²) in [6, 6.07) is 23.7. The highest BCUT2D eigenvalue weighted by molar-refractivity contribution is 6.06. The number of carbonyl (C=O) groups is 1. The van der Waals surface area contributed by atoms with Crippen LogP contribution in [-0.2, 0) is 0 Å². The van der Waals surface area contributed by atoms with Crippen LogP contribution in [0.2, 0.25) is 0 Å². The maximum absolute atomic E-state index is 12.5. The molecule has 0 aliphatic rings. The molecule has 0 aliphatic carbocycles. The number of ether oxygens (including phenoxy) is 2. The van der Waals surface area contributed by atoms with Crippen molar-refractivity contribution in [2.24, 2.45) is 0 Å². The normalized spacial score (nSPS) is 10.0. The number of anilines is 1. The molecule has 0 spiro atoms. The molecule has 0 atom stereocenters. The number of rotatable bonds is 5. The molecule has 0 saturated carbocycles. The van der Waals surface area contributed by atoms with Crippen molar-refractivity contribution in [3.8, 4) is 17.2 Å². The van der Waals surface area contributed by atoms with E-state index in [1.54, 1.807) is 31.4 Å². The summed E-state index contributed by atoms with van der Waals surface area (Å²) in [7, 11) is 1.60. The lowest BCUT2D eigenvalue weighted by Crippen LogP contribution is -2.12. The Morgan fingerprint density at radius 2 is 1.54 bits per heavy atom. The Balaban J connectivity index is 1.83. The Kier molecular flexibility index (Phi) is 4.77. The van der Waals surface area contributed by atoms with Gasteiger partial charge in [0.05, 0.1) is 12.7 Å². The van der Waals surface area contributed by atoms with Gasteiger partial charge < -0.3 is 14.8 Å². The Morgan fingerprint density at radius 3 is 2.33 bits per heavy atom. The molecular weight excluding hydrogens is 302 g/mol. The molecule has 4 nitrogen and oxygen atoms in total. The summed E-state index contributed by atoms with van der Waals surface area (Å²) < 4.78 is 11.1. The van der Waals surface area contributed by atoms with Gasteiger partial charge in [-0.25, -0.2) is 0 Å². The molecule has 0 heterocycles. The average Bonchev–Trinajstić information content (AvgIpc) is 2.63. The molecule has 0 unspecified atom stereocenters. The van der Waals surface area contributed by atoms with E-state index in [2.05, 4.69) is 5.32 Å². The van der Waals surface area contributed by atoms with Gasteiger partial charge in [0, 0.05) is 11.8 Å². The first-order valence-corrected chi connectivity index (χ1v) is 7.53. The zero-order chi connectivity index (χ0) is 16.8. The van der Waals surface area contributed by atoms with Crippen LogP contribution >= 0.6 is 0 Å². The third kappa shape index (κ3) is 3.73. The van der Waals surface area contributed by atoms with Gasteiger partial charge in [-0.3, -0.25) is 4.79 Å². The van der Waals surface area contributed by atoms with Crippen molar-refractivity contribution in [1.82, 2.24) is 0 Å². The van der Waals surface area contributed by atoms with Gasteiger partial charge in [0.1, 0.15) is 17.2 Å². The Morgan fingerprint density at radius 1 is 0.833 bits per heavy atom. The quantitative estimate of drug-likeness (QED) is 0.739. The Bertz CT molecular complexity index is 831. The maximum atomic E-state index is 12.5. The van der Waals surface area contributed by atoms with E-state index in [9.17, 15) is 4.79 Å². The Hall–Kier alpha value is -3.27. The molecule has 1 amide bonds. The van der Waals surface area contributed by atoms with Crippen molar-refractivity contribution >= 4 is 11.6 Å². The second-order valence-corrected chi connectivity index (χ2v) is 5.10. The number of benzene rings is 3. The fourth-order valence-corrected chi connectivity index (χ4v) is 2.25. The van der Waals surface area contributed by atoms with E-state index < -0.39 is 0 Å². The summed E-state index contributed by atoms with van der Waals surface area (Å²) in [6.45, 7) is 0. The number of nitrogens with one attached hydrogen (secondary N) is 1. The minimum absolute atomic E-state index is 0.223. The summed E-state index contributed by atoms with van der Waals surface area (Å²) in [6.07, 6.45) is 0. The van der Waals surface area contributed by atoms with Crippen LogP contribution in [0.1, 0.15) is 10.4 Å². The summed E-state index contributed by atoms with van der Waals surface area (Å²) in [5.41, 5.74) is 1.20. The van der Waals surface area contributed by atoms with Crippen molar-refractivity contribution in [3.05, 3.63) is 84.4 Å². The van der Waals surface area contributed by atoms with Gasteiger partial charge in [-0.2, -0.15) is 0 Å². The number of hydrogen-bond acceptors (Lipinski definition) is 3. The highest BCUT2D eigenvalue weighted by Crippen LogP contribution is 2.28. The predicted octanol–water partition coefficient (Wildman–Crippen LogP) is 4.74. The zero-order valence-electron chi connectivity index (χ0n) is 13.2. The molecule has 0 aliphatic heterocycles. The average molecular weight is 319 g/mol. The fraction of sp³-hybridized carbons (Fsp3) is 0.0500. The molecule has 4 heteroatoms. The first-order valence-electron chi connectivity index (χ1n) is 7.53. The van der Waals surface area contributed by atoms with Crippen LogP contribution in [0.25, 0.3) is 0 Å². The van der Waals surface area contributed by atoms with Crippen LogP contribution < -0.4 is 14.8 Å². The van der Waals surface area contributed by atoms with E-state index in [4.69, 9.17) is 9.47 Å². The largest absolute Gasteiger partial charge is 0.497 e. The second kappa shape index (κ2) is 7.33. The number of amides is 1. The smallest absolute Gasteiger partial charge is 0.259 e. The van der Waals surface area contributed by atoms with Crippen molar-refractivity contribution in [1.29, 1.82) is 0 Å². The molecule has 3 aromatic carbocycles. The topological polar surface area (TPSA) is 47.6 Å². The summed E-state index contributed by atoms with van der Waals surface area (Å²) in [5.74, 6) is 1.56. The van der Waals surface area contributed by atoms with Crippen LogP contribution in [0.5, 0.6) is 17.2 Å². The third-order valence-electron chi connectivity index (χ3n) is 3.43. The van der Waals surface area contributed by atoms with E-state index in [1.165, 1.54) is 0 Å². The van der Waals surface area contributed by atoms with Crippen molar-refractivity contribution in [2.75, 3.05) is 12.4 Å². The van der Waals surface area contributed by atoms with Crippen LogP contribution in [0.4, 0.5) is 5.69 Å². The number of para-hydroxylation sites is 2. The van der Waals surface area contributed by atoms with Gasteiger partial charge in [0.2, 0.25) is 0 Å². The van der Waals surface area contributed by atoms with Crippen LogP contribution in [0.15, 0.2) is 78.9 Å². The molecule has 0 bridgehead atoms.